The van der Waals surface area contributed by atoms with Gasteiger partial charge in [-0.2, -0.15) is 0 Å². The molecule has 1 aliphatic rings. The highest BCUT2D eigenvalue weighted by atomic mass is 16.5. The number of nitrogens with zero attached hydrogens (tertiary/aromatic N) is 1. The summed E-state index contributed by atoms with van der Waals surface area (Å²) in [6.45, 7) is 3.11. The quantitative estimate of drug-likeness (QED) is 0.886. The van der Waals surface area contributed by atoms with E-state index in [0.29, 0.717) is 11.8 Å². The van der Waals surface area contributed by atoms with Crippen molar-refractivity contribution in [3.8, 4) is 5.75 Å². The first-order chi connectivity index (χ1) is 8.74. The fourth-order valence-electron chi connectivity index (χ4n) is 2.99. The van der Waals surface area contributed by atoms with Crippen LogP contribution in [0.3, 0.4) is 0 Å². The lowest BCUT2D eigenvalue weighted by Crippen LogP contribution is -2.37. The zero-order valence-corrected chi connectivity index (χ0v) is 11.4. The standard InChI is InChI=1S/C15H24N2O/c1-17-9-3-4-13(11-17)15(10-16)12-5-7-14(18-2)8-6-12/h5-8,13,15H,3-4,9-11,16H2,1-2H3. The molecule has 1 aliphatic heterocycles. The maximum Gasteiger partial charge on any atom is 0.118 e. The van der Waals surface area contributed by atoms with E-state index in [1.807, 2.05) is 12.1 Å². The van der Waals surface area contributed by atoms with Gasteiger partial charge in [-0.25, -0.2) is 0 Å². The van der Waals surface area contributed by atoms with Gasteiger partial charge in [0.05, 0.1) is 7.11 Å². The minimum absolute atomic E-state index is 0.471. The van der Waals surface area contributed by atoms with Crippen molar-refractivity contribution in [3.05, 3.63) is 29.8 Å². The Morgan fingerprint density at radius 3 is 2.67 bits per heavy atom. The molecule has 0 saturated carbocycles. The Morgan fingerprint density at radius 1 is 1.39 bits per heavy atom. The molecular weight excluding hydrogens is 224 g/mol. The summed E-state index contributed by atoms with van der Waals surface area (Å²) in [5, 5.41) is 0. The van der Waals surface area contributed by atoms with Crippen LogP contribution in [0, 0.1) is 5.92 Å². The van der Waals surface area contributed by atoms with Crippen molar-refractivity contribution in [2.24, 2.45) is 11.7 Å². The van der Waals surface area contributed by atoms with Crippen molar-refractivity contribution in [2.45, 2.75) is 18.8 Å². The van der Waals surface area contributed by atoms with Gasteiger partial charge in [0.2, 0.25) is 0 Å². The van der Waals surface area contributed by atoms with Gasteiger partial charge in [-0.15, -0.1) is 0 Å². The van der Waals surface area contributed by atoms with E-state index in [-0.39, 0.29) is 0 Å². The molecule has 2 N–H and O–H groups in total. The van der Waals surface area contributed by atoms with Crippen molar-refractivity contribution >= 4 is 0 Å². The number of piperidine rings is 1. The summed E-state index contributed by atoms with van der Waals surface area (Å²) in [4.78, 5) is 2.42. The van der Waals surface area contributed by atoms with Gasteiger partial charge in [0.1, 0.15) is 5.75 Å². The first-order valence-electron chi connectivity index (χ1n) is 6.77. The number of hydrogen-bond donors (Lipinski definition) is 1. The largest absolute Gasteiger partial charge is 0.497 e. The highest BCUT2D eigenvalue weighted by Crippen LogP contribution is 2.31. The molecule has 0 aromatic heterocycles. The molecule has 2 unspecified atom stereocenters. The second-order valence-corrected chi connectivity index (χ2v) is 5.28. The molecular formula is C15H24N2O. The van der Waals surface area contributed by atoms with E-state index in [1.54, 1.807) is 7.11 Å². The molecule has 1 saturated heterocycles. The smallest absolute Gasteiger partial charge is 0.118 e. The van der Waals surface area contributed by atoms with Crippen LogP contribution in [0.25, 0.3) is 0 Å². The predicted octanol–water partition coefficient (Wildman–Crippen LogP) is 2.08. The van der Waals surface area contributed by atoms with Gasteiger partial charge >= 0.3 is 0 Å². The average Bonchev–Trinajstić information content (AvgIpc) is 2.40. The molecule has 3 nitrogen and oxygen atoms in total. The average molecular weight is 248 g/mol. The Balaban J connectivity index is 2.11. The second kappa shape index (κ2) is 6.21. The van der Waals surface area contributed by atoms with Gasteiger partial charge < -0.3 is 15.4 Å². The van der Waals surface area contributed by atoms with Crippen molar-refractivity contribution in [1.82, 2.24) is 4.90 Å². The second-order valence-electron chi connectivity index (χ2n) is 5.28. The fourth-order valence-corrected chi connectivity index (χ4v) is 2.99. The number of rotatable bonds is 4. The third-order valence-electron chi connectivity index (χ3n) is 4.03. The fraction of sp³-hybridized carbons (Fsp3) is 0.600. The Labute approximate surface area is 110 Å². The van der Waals surface area contributed by atoms with E-state index in [0.717, 1.165) is 18.8 Å². The molecule has 18 heavy (non-hydrogen) atoms. The summed E-state index contributed by atoms with van der Waals surface area (Å²) >= 11 is 0. The van der Waals surface area contributed by atoms with E-state index in [9.17, 15) is 0 Å². The van der Waals surface area contributed by atoms with E-state index in [2.05, 4.69) is 24.1 Å². The predicted molar refractivity (Wildman–Crippen MR) is 75.0 cm³/mol. The van der Waals surface area contributed by atoms with Crippen LogP contribution >= 0.6 is 0 Å². The van der Waals surface area contributed by atoms with Gasteiger partial charge in [-0.05, 0) is 56.6 Å². The molecule has 1 fully saturated rings. The maximum atomic E-state index is 6.00. The lowest BCUT2D eigenvalue weighted by molar-refractivity contribution is 0.188. The van der Waals surface area contributed by atoms with E-state index >= 15 is 0 Å². The van der Waals surface area contributed by atoms with E-state index in [4.69, 9.17) is 10.5 Å². The van der Waals surface area contributed by atoms with Crippen LogP contribution in [0.5, 0.6) is 5.75 Å². The molecule has 3 heteroatoms. The third-order valence-corrected chi connectivity index (χ3v) is 4.03. The summed E-state index contributed by atoms with van der Waals surface area (Å²) in [7, 11) is 3.90. The Morgan fingerprint density at radius 2 is 2.11 bits per heavy atom. The SMILES string of the molecule is COc1ccc(C(CN)C2CCCN(C)C2)cc1. The number of ether oxygens (including phenoxy) is 1. The van der Waals surface area contributed by atoms with E-state index in [1.165, 1.54) is 24.9 Å². The summed E-state index contributed by atoms with van der Waals surface area (Å²) in [5.41, 5.74) is 7.35. The van der Waals surface area contributed by atoms with Crippen LogP contribution in [-0.4, -0.2) is 38.7 Å². The first kappa shape index (κ1) is 13.4. The zero-order valence-electron chi connectivity index (χ0n) is 11.4. The molecule has 1 aromatic carbocycles. The molecule has 0 bridgehead atoms. The Hall–Kier alpha value is -1.06. The number of methoxy groups -OCH3 is 1. The zero-order chi connectivity index (χ0) is 13.0. The lowest BCUT2D eigenvalue weighted by atomic mass is 9.81. The lowest BCUT2D eigenvalue weighted by Gasteiger charge is -2.35. The van der Waals surface area contributed by atoms with Crippen molar-refractivity contribution in [2.75, 3.05) is 33.8 Å². The van der Waals surface area contributed by atoms with Crippen LogP contribution in [0.15, 0.2) is 24.3 Å². The van der Waals surface area contributed by atoms with Gasteiger partial charge in [-0.3, -0.25) is 0 Å². The molecule has 0 radical (unpaired) electrons. The highest BCUT2D eigenvalue weighted by Gasteiger charge is 2.26. The van der Waals surface area contributed by atoms with Gasteiger partial charge in [0.25, 0.3) is 0 Å². The maximum absolute atomic E-state index is 6.00. The molecule has 1 aromatic rings. The summed E-state index contributed by atoms with van der Waals surface area (Å²) in [5.74, 6) is 2.07. The van der Waals surface area contributed by atoms with Gasteiger partial charge in [0, 0.05) is 12.5 Å². The molecule has 2 rings (SSSR count). The molecule has 0 amide bonds. The number of likely N-dealkylation sites (tertiary alicyclic amines) is 1. The minimum Gasteiger partial charge on any atom is -0.497 e. The topological polar surface area (TPSA) is 38.5 Å². The Kier molecular flexibility index (Phi) is 4.61. The van der Waals surface area contributed by atoms with Crippen LogP contribution in [0.1, 0.15) is 24.3 Å². The van der Waals surface area contributed by atoms with Crippen LogP contribution < -0.4 is 10.5 Å². The normalized spacial score (nSPS) is 22.7. The summed E-state index contributed by atoms with van der Waals surface area (Å²) in [6, 6.07) is 8.38. The van der Waals surface area contributed by atoms with Crippen LogP contribution in [0.4, 0.5) is 0 Å². The molecule has 0 aliphatic carbocycles. The third kappa shape index (κ3) is 3.03. The molecule has 100 valence electrons. The molecule has 2 atom stereocenters. The Bertz CT molecular complexity index is 363. The highest BCUT2D eigenvalue weighted by molar-refractivity contribution is 5.30. The van der Waals surface area contributed by atoms with Crippen molar-refractivity contribution in [1.29, 1.82) is 0 Å². The van der Waals surface area contributed by atoms with Crippen LogP contribution in [0.2, 0.25) is 0 Å². The number of nitrogens with two attached hydrogens (primary N) is 1. The summed E-state index contributed by atoms with van der Waals surface area (Å²) in [6.07, 6.45) is 2.58. The van der Waals surface area contributed by atoms with Gasteiger partial charge in [-0.1, -0.05) is 12.1 Å². The number of benzene rings is 1. The first-order valence-corrected chi connectivity index (χ1v) is 6.77. The minimum atomic E-state index is 0.471. The van der Waals surface area contributed by atoms with Crippen molar-refractivity contribution in [3.63, 3.8) is 0 Å². The van der Waals surface area contributed by atoms with Crippen molar-refractivity contribution < 1.29 is 4.74 Å². The molecule has 1 heterocycles. The summed E-state index contributed by atoms with van der Waals surface area (Å²) < 4.78 is 5.21. The molecule has 0 spiro atoms. The monoisotopic (exact) mass is 248 g/mol. The number of hydrogen-bond acceptors (Lipinski definition) is 3. The van der Waals surface area contributed by atoms with Crippen LogP contribution in [-0.2, 0) is 0 Å². The van der Waals surface area contributed by atoms with E-state index < -0.39 is 0 Å². The van der Waals surface area contributed by atoms with Gasteiger partial charge in [0.15, 0.2) is 0 Å².